The molecule has 0 saturated heterocycles. The SMILES string of the molecule is COc1ccc(OC(=O)N(C)C[C@@H]2OCc3cnnn3CCCC(=O)N([C@@H](C)CO)C[C@H]2C)cc1. The first kappa shape index (κ1) is 26.4. The van der Waals surface area contributed by atoms with E-state index in [0.29, 0.717) is 37.4 Å². The van der Waals surface area contributed by atoms with Crippen molar-refractivity contribution in [2.75, 3.05) is 33.9 Å². The molecule has 0 bridgehead atoms. The van der Waals surface area contributed by atoms with Crippen molar-refractivity contribution in [1.82, 2.24) is 24.8 Å². The summed E-state index contributed by atoms with van der Waals surface area (Å²) in [5.74, 6) is 0.900. The summed E-state index contributed by atoms with van der Waals surface area (Å²) in [6.45, 7) is 5.11. The molecule has 11 heteroatoms. The first-order chi connectivity index (χ1) is 16.8. The molecule has 1 aromatic heterocycles. The van der Waals surface area contributed by atoms with Gasteiger partial charge in [-0.15, -0.1) is 5.10 Å². The zero-order chi connectivity index (χ0) is 25.4. The number of aliphatic hydroxyl groups excluding tert-OH is 1. The predicted octanol–water partition coefficient (Wildman–Crippen LogP) is 1.94. The Hall–Kier alpha value is -3.18. The largest absolute Gasteiger partial charge is 0.497 e. The normalized spacial score (nSPS) is 20.3. The van der Waals surface area contributed by atoms with Crippen LogP contribution in [0.4, 0.5) is 4.79 Å². The van der Waals surface area contributed by atoms with Gasteiger partial charge in [0.25, 0.3) is 0 Å². The zero-order valence-corrected chi connectivity index (χ0v) is 20.8. The predicted molar refractivity (Wildman–Crippen MR) is 127 cm³/mol. The summed E-state index contributed by atoms with van der Waals surface area (Å²) in [5.41, 5.74) is 0.805. The molecule has 1 aliphatic rings. The fourth-order valence-electron chi connectivity index (χ4n) is 3.91. The third-order valence-corrected chi connectivity index (χ3v) is 6.17. The van der Waals surface area contributed by atoms with Crippen molar-refractivity contribution in [3.05, 3.63) is 36.2 Å². The Morgan fingerprint density at radius 1 is 1.31 bits per heavy atom. The third-order valence-electron chi connectivity index (χ3n) is 6.17. The summed E-state index contributed by atoms with van der Waals surface area (Å²) in [6.07, 6.45) is 1.67. The summed E-state index contributed by atoms with van der Waals surface area (Å²) in [5, 5.41) is 17.8. The molecule has 3 atom stereocenters. The van der Waals surface area contributed by atoms with Crippen LogP contribution >= 0.6 is 0 Å². The molecule has 1 aliphatic heterocycles. The second-order valence-electron chi connectivity index (χ2n) is 8.88. The molecule has 0 unspecified atom stereocenters. The maximum Gasteiger partial charge on any atom is 0.415 e. The van der Waals surface area contributed by atoms with E-state index in [2.05, 4.69) is 10.3 Å². The number of hydrogen-bond acceptors (Lipinski definition) is 8. The fraction of sp³-hybridized carbons (Fsp3) is 0.583. The number of nitrogens with zero attached hydrogens (tertiary/aromatic N) is 5. The zero-order valence-electron chi connectivity index (χ0n) is 20.8. The Bertz CT molecular complexity index is 966. The van der Waals surface area contributed by atoms with Crippen LogP contribution in [0.25, 0.3) is 0 Å². The van der Waals surface area contributed by atoms with Crippen LogP contribution in [0, 0.1) is 5.92 Å². The van der Waals surface area contributed by atoms with Crippen molar-refractivity contribution in [2.24, 2.45) is 5.92 Å². The number of carbonyl (C=O) groups excluding carboxylic acids is 2. The van der Waals surface area contributed by atoms with Gasteiger partial charge in [-0.3, -0.25) is 4.79 Å². The highest BCUT2D eigenvalue weighted by atomic mass is 16.6. The average molecular weight is 490 g/mol. The van der Waals surface area contributed by atoms with E-state index in [9.17, 15) is 14.7 Å². The van der Waals surface area contributed by atoms with Gasteiger partial charge in [-0.1, -0.05) is 12.1 Å². The van der Waals surface area contributed by atoms with Crippen molar-refractivity contribution < 1.29 is 28.9 Å². The van der Waals surface area contributed by atoms with Gasteiger partial charge in [-0.2, -0.15) is 0 Å². The summed E-state index contributed by atoms with van der Waals surface area (Å²) < 4.78 is 18.6. The van der Waals surface area contributed by atoms with Crippen LogP contribution < -0.4 is 9.47 Å². The summed E-state index contributed by atoms with van der Waals surface area (Å²) in [7, 11) is 3.21. The van der Waals surface area contributed by atoms with E-state index in [0.717, 1.165) is 5.69 Å². The van der Waals surface area contributed by atoms with Gasteiger partial charge in [0.15, 0.2) is 0 Å². The van der Waals surface area contributed by atoms with E-state index in [1.807, 2.05) is 13.8 Å². The highest BCUT2D eigenvalue weighted by Gasteiger charge is 2.29. The molecule has 3 rings (SSSR count). The number of ether oxygens (including phenoxy) is 3. The quantitative estimate of drug-likeness (QED) is 0.654. The maximum atomic E-state index is 12.9. The summed E-state index contributed by atoms with van der Waals surface area (Å²) in [6, 6.07) is 6.42. The number of likely N-dealkylation sites (N-methyl/N-ethyl adjacent to an activating group) is 1. The Balaban J connectivity index is 1.74. The molecular formula is C24H35N5O6. The Morgan fingerprint density at radius 2 is 2.03 bits per heavy atom. The number of fused-ring (bicyclic) bond motifs is 1. The first-order valence-corrected chi connectivity index (χ1v) is 11.8. The van der Waals surface area contributed by atoms with E-state index < -0.39 is 12.2 Å². The Morgan fingerprint density at radius 3 is 2.71 bits per heavy atom. The number of benzene rings is 1. The number of methoxy groups -OCH3 is 1. The van der Waals surface area contributed by atoms with Crippen molar-refractivity contribution in [3.8, 4) is 11.5 Å². The molecule has 11 nitrogen and oxygen atoms in total. The molecular weight excluding hydrogens is 454 g/mol. The van der Waals surface area contributed by atoms with Crippen molar-refractivity contribution in [2.45, 2.75) is 52.0 Å². The Labute approximate surface area is 205 Å². The van der Waals surface area contributed by atoms with Gasteiger partial charge in [-0.05, 0) is 37.6 Å². The van der Waals surface area contributed by atoms with E-state index in [-0.39, 0.29) is 37.6 Å². The van der Waals surface area contributed by atoms with Crippen LogP contribution in [0.15, 0.2) is 30.5 Å². The summed E-state index contributed by atoms with van der Waals surface area (Å²) >= 11 is 0. The van der Waals surface area contributed by atoms with Crippen LogP contribution in [0.3, 0.4) is 0 Å². The number of aliphatic hydroxyl groups is 1. The minimum absolute atomic E-state index is 0.0355. The highest BCUT2D eigenvalue weighted by Crippen LogP contribution is 2.20. The number of carbonyl (C=O) groups is 2. The number of rotatable bonds is 6. The monoisotopic (exact) mass is 489 g/mol. The fourth-order valence-corrected chi connectivity index (χ4v) is 3.91. The average Bonchev–Trinajstić information content (AvgIpc) is 3.31. The van der Waals surface area contributed by atoms with Gasteiger partial charge in [0.1, 0.15) is 11.5 Å². The van der Waals surface area contributed by atoms with Crippen molar-refractivity contribution >= 4 is 12.0 Å². The highest BCUT2D eigenvalue weighted by molar-refractivity contribution is 5.76. The molecule has 192 valence electrons. The molecule has 0 radical (unpaired) electrons. The van der Waals surface area contributed by atoms with Crippen LogP contribution in [0.5, 0.6) is 11.5 Å². The second kappa shape index (κ2) is 12.5. The number of amides is 2. The molecule has 1 N–H and O–H groups in total. The summed E-state index contributed by atoms with van der Waals surface area (Å²) in [4.78, 5) is 28.8. The number of aromatic nitrogens is 3. The lowest BCUT2D eigenvalue weighted by molar-refractivity contribution is -0.136. The second-order valence-corrected chi connectivity index (χ2v) is 8.88. The minimum atomic E-state index is -0.527. The van der Waals surface area contributed by atoms with E-state index >= 15 is 0 Å². The van der Waals surface area contributed by atoms with Gasteiger partial charge < -0.3 is 29.1 Å². The van der Waals surface area contributed by atoms with Crippen LogP contribution in [-0.4, -0.2) is 87.9 Å². The van der Waals surface area contributed by atoms with Crippen LogP contribution in [-0.2, 0) is 22.7 Å². The van der Waals surface area contributed by atoms with Gasteiger partial charge >= 0.3 is 6.09 Å². The molecule has 2 heterocycles. The maximum absolute atomic E-state index is 12.9. The first-order valence-electron chi connectivity index (χ1n) is 11.8. The van der Waals surface area contributed by atoms with Gasteiger partial charge in [0, 0.05) is 32.5 Å². The molecule has 1 aromatic carbocycles. The lowest BCUT2D eigenvalue weighted by Gasteiger charge is -2.35. The number of aryl methyl sites for hydroxylation is 1. The molecule has 0 saturated carbocycles. The van der Waals surface area contributed by atoms with Crippen LogP contribution in [0.1, 0.15) is 32.4 Å². The van der Waals surface area contributed by atoms with Gasteiger partial charge in [0.2, 0.25) is 5.91 Å². The van der Waals surface area contributed by atoms with E-state index in [1.165, 1.54) is 4.90 Å². The standard InChI is InChI=1S/C24H35N5O6/c1-17-13-28(18(2)15-30)23(31)6-5-11-29-19(12-25-26-29)16-34-22(17)14-27(3)24(32)35-21-9-7-20(33-4)8-10-21/h7-10,12,17-18,22,30H,5-6,11,13-16H2,1-4H3/t17-,18+,22+/m1/s1. The third kappa shape index (κ3) is 7.15. The van der Waals surface area contributed by atoms with Crippen LogP contribution in [0.2, 0.25) is 0 Å². The smallest absolute Gasteiger partial charge is 0.415 e. The van der Waals surface area contributed by atoms with Gasteiger partial charge in [0.05, 0.1) is 50.9 Å². The van der Waals surface area contributed by atoms with E-state index in [4.69, 9.17) is 14.2 Å². The molecule has 2 aromatic rings. The molecule has 35 heavy (non-hydrogen) atoms. The van der Waals surface area contributed by atoms with E-state index in [1.54, 1.807) is 54.2 Å². The molecule has 2 amide bonds. The topological polar surface area (TPSA) is 119 Å². The van der Waals surface area contributed by atoms with Crippen molar-refractivity contribution in [3.63, 3.8) is 0 Å². The molecule has 0 fully saturated rings. The lowest BCUT2D eigenvalue weighted by atomic mass is 10.0. The van der Waals surface area contributed by atoms with Crippen molar-refractivity contribution in [1.29, 1.82) is 0 Å². The number of hydrogen-bond donors (Lipinski definition) is 1. The molecule has 0 aliphatic carbocycles. The lowest BCUT2D eigenvalue weighted by Crippen LogP contribution is -2.48. The molecule has 0 spiro atoms. The minimum Gasteiger partial charge on any atom is -0.497 e. The Kier molecular flexibility index (Phi) is 9.44. The van der Waals surface area contributed by atoms with Gasteiger partial charge in [-0.25, -0.2) is 9.48 Å².